The lowest BCUT2D eigenvalue weighted by molar-refractivity contribution is 0.104. The molecule has 16 aromatic rings. The van der Waals surface area contributed by atoms with Crippen molar-refractivity contribution < 1.29 is 4.79 Å². The Balaban J connectivity index is 0.000000125. The van der Waals surface area contributed by atoms with Crippen molar-refractivity contribution in [3.63, 3.8) is 0 Å². The molecule has 0 aliphatic heterocycles. The molecule has 0 saturated carbocycles. The first-order valence-corrected chi connectivity index (χ1v) is 29.5. The van der Waals surface area contributed by atoms with Gasteiger partial charge in [0.1, 0.15) is 0 Å². The van der Waals surface area contributed by atoms with Crippen LogP contribution >= 0.6 is 0 Å². The Bertz CT molecular complexity index is 5610. The van der Waals surface area contributed by atoms with Crippen LogP contribution in [-0.4, -0.2) is 14.9 Å². The van der Waals surface area contributed by atoms with Crippen molar-refractivity contribution in [2.24, 2.45) is 0 Å². The summed E-state index contributed by atoms with van der Waals surface area (Å²) >= 11 is 0. The average Bonchev–Trinajstić information content (AvgIpc) is 1.61. The fraction of sp³-hybridized carbons (Fsp3) is 0.0122. The molecule has 2 aromatic heterocycles. The number of rotatable bonds is 4. The molecule has 0 radical (unpaired) electrons. The molecule has 4 aliphatic rings. The third-order valence-electron chi connectivity index (χ3n) is 19.0. The molecule has 0 unspecified atom stereocenters. The summed E-state index contributed by atoms with van der Waals surface area (Å²) in [6, 6.07) is 101. The summed E-state index contributed by atoms with van der Waals surface area (Å²) in [5.41, 5.74) is 31.3. The number of ketones is 1. The molecule has 20 rings (SSSR count). The average molecular weight is 1080 g/mol. The molecular formula is C82H48N2O. The Morgan fingerprint density at radius 3 is 1.18 bits per heavy atom. The first-order valence-electron chi connectivity index (χ1n) is 29.5. The summed E-state index contributed by atoms with van der Waals surface area (Å²) < 4.78 is 4.88. The van der Waals surface area contributed by atoms with Crippen LogP contribution in [-0.2, 0) is 6.42 Å². The van der Waals surface area contributed by atoms with Gasteiger partial charge in [-0.2, -0.15) is 0 Å². The van der Waals surface area contributed by atoms with E-state index in [9.17, 15) is 4.79 Å². The monoisotopic (exact) mass is 1080 g/mol. The molecule has 3 nitrogen and oxygen atoms in total. The number of hydrogen-bond donors (Lipinski definition) is 0. The van der Waals surface area contributed by atoms with Gasteiger partial charge in [0.25, 0.3) is 0 Å². The Kier molecular flexibility index (Phi) is 9.54. The Hall–Kier alpha value is -11.1. The zero-order valence-corrected chi connectivity index (χ0v) is 46.1. The van der Waals surface area contributed by atoms with E-state index in [2.05, 4.69) is 264 Å². The molecule has 85 heavy (non-hydrogen) atoms. The van der Waals surface area contributed by atoms with E-state index >= 15 is 0 Å². The van der Waals surface area contributed by atoms with Gasteiger partial charge in [-0.05, 0) is 160 Å². The number of benzene rings is 14. The maximum absolute atomic E-state index is 14.0. The summed E-state index contributed by atoms with van der Waals surface area (Å²) in [5, 5.41) is 10.4. The van der Waals surface area contributed by atoms with E-state index in [0.717, 1.165) is 51.0 Å². The lowest BCUT2D eigenvalue weighted by atomic mass is 9.88. The summed E-state index contributed by atoms with van der Waals surface area (Å²) in [7, 11) is 0. The van der Waals surface area contributed by atoms with Crippen LogP contribution in [0.25, 0.3) is 166 Å². The van der Waals surface area contributed by atoms with E-state index in [1.165, 1.54) is 143 Å². The molecule has 14 aromatic carbocycles. The molecule has 2 heterocycles. The van der Waals surface area contributed by atoms with Crippen molar-refractivity contribution in [2.75, 3.05) is 0 Å². The number of hydrogen-bond acceptors (Lipinski definition) is 1. The lowest BCUT2D eigenvalue weighted by Crippen LogP contribution is -1.99. The minimum Gasteiger partial charge on any atom is -0.309 e. The van der Waals surface area contributed by atoms with E-state index < -0.39 is 0 Å². The van der Waals surface area contributed by atoms with E-state index in [0.29, 0.717) is 0 Å². The highest BCUT2D eigenvalue weighted by atomic mass is 16.1. The molecule has 0 fully saturated rings. The van der Waals surface area contributed by atoms with E-state index in [4.69, 9.17) is 0 Å². The summed E-state index contributed by atoms with van der Waals surface area (Å²) in [6.45, 7) is 0. The van der Waals surface area contributed by atoms with Crippen LogP contribution in [0.5, 0.6) is 0 Å². The summed E-state index contributed by atoms with van der Waals surface area (Å²) in [5.74, 6) is 0.101. The number of aromatic nitrogens is 2. The predicted molar refractivity (Wildman–Crippen MR) is 353 cm³/mol. The van der Waals surface area contributed by atoms with E-state index in [1.54, 1.807) is 0 Å². The van der Waals surface area contributed by atoms with Crippen molar-refractivity contribution in [1.82, 2.24) is 9.13 Å². The third-order valence-corrected chi connectivity index (χ3v) is 19.0. The van der Waals surface area contributed by atoms with Gasteiger partial charge in [-0.25, -0.2) is 0 Å². The van der Waals surface area contributed by atoms with Crippen LogP contribution in [0, 0.1) is 0 Å². The zero-order chi connectivity index (χ0) is 55.6. The second-order valence-electron chi connectivity index (χ2n) is 23.3. The molecule has 4 aliphatic carbocycles. The molecule has 0 spiro atoms. The lowest BCUT2D eigenvalue weighted by Gasteiger charge is -2.17. The minimum atomic E-state index is 0.101. The van der Waals surface area contributed by atoms with Crippen molar-refractivity contribution in [1.29, 1.82) is 0 Å². The highest BCUT2D eigenvalue weighted by Crippen LogP contribution is 2.58. The Morgan fingerprint density at radius 1 is 0.235 bits per heavy atom. The van der Waals surface area contributed by atoms with Gasteiger partial charge >= 0.3 is 0 Å². The number of fused-ring (bicyclic) bond motifs is 14. The number of nitrogens with zero attached hydrogens (tertiary/aromatic N) is 2. The summed E-state index contributed by atoms with van der Waals surface area (Å²) in [4.78, 5) is 14.0. The summed E-state index contributed by atoms with van der Waals surface area (Å²) in [6.07, 6.45) is 0.966. The topological polar surface area (TPSA) is 26.9 Å². The van der Waals surface area contributed by atoms with Crippen LogP contribution in [0.1, 0.15) is 27.0 Å². The molecule has 0 N–H and O–H groups in total. The third kappa shape index (κ3) is 6.41. The Labute approximate surface area is 490 Å². The smallest absolute Gasteiger partial charge is 0.194 e. The van der Waals surface area contributed by atoms with Crippen LogP contribution in [0.2, 0.25) is 0 Å². The van der Waals surface area contributed by atoms with Gasteiger partial charge in [0.05, 0.1) is 22.1 Å². The molecule has 0 bridgehead atoms. The molecule has 0 atom stereocenters. The van der Waals surface area contributed by atoms with E-state index in [1.807, 2.05) is 24.3 Å². The largest absolute Gasteiger partial charge is 0.309 e. The van der Waals surface area contributed by atoms with Crippen LogP contribution < -0.4 is 0 Å². The standard InChI is InChI=1S/C41H23NO.C41H25N/c43-41-32-15-7-6-14-31(32)37-33(41)23-35-40-38(37)30-13-5-4-12-28(30)29-16-8-11-26-19-22-34(39(40)36(26)29)42(35)27-20-17-25(18-21-27)24-9-2-1-3-10-24;1-2-9-25(10-3-1)26-17-20-30(21-18-26)42-35-22-19-27-12-8-16-33-32-14-6-7-15-34(32)39-38-29(23-28-11-4-5-13-31(28)38)24-36(42)41(39)40(35)37(27)33/h1-23H;1-22,24H,23H2. The fourth-order valence-electron chi connectivity index (χ4n) is 15.5. The zero-order valence-electron chi connectivity index (χ0n) is 46.1. The predicted octanol–water partition coefficient (Wildman–Crippen LogP) is 21.3. The number of carbonyl (C=O) groups is 1. The van der Waals surface area contributed by atoms with Crippen molar-refractivity contribution >= 4 is 70.9 Å². The molecular weight excluding hydrogens is 1030 g/mol. The highest BCUT2D eigenvalue weighted by molar-refractivity contribution is 6.36. The van der Waals surface area contributed by atoms with Gasteiger partial charge in [-0.3, -0.25) is 4.79 Å². The molecule has 3 heteroatoms. The molecule has 392 valence electrons. The Morgan fingerprint density at radius 2 is 0.647 bits per heavy atom. The second kappa shape index (κ2) is 17.4. The highest BCUT2D eigenvalue weighted by Gasteiger charge is 2.36. The van der Waals surface area contributed by atoms with Gasteiger partial charge in [0.2, 0.25) is 0 Å². The van der Waals surface area contributed by atoms with Gasteiger partial charge in [-0.1, -0.05) is 231 Å². The van der Waals surface area contributed by atoms with Crippen LogP contribution in [0.15, 0.2) is 279 Å². The number of carbonyl (C=O) groups excluding carboxylic acids is 1. The van der Waals surface area contributed by atoms with Crippen LogP contribution in [0.4, 0.5) is 0 Å². The maximum atomic E-state index is 14.0. The molecule has 0 amide bonds. The van der Waals surface area contributed by atoms with Crippen molar-refractivity contribution in [3.8, 4) is 100 Å². The van der Waals surface area contributed by atoms with Crippen molar-refractivity contribution in [2.45, 2.75) is 6.42 Å². The first-order chi connectivity index (χ1) is 42.1. The first kappa shape index (κ1) is 46.5. The molecule has 0 saturated heterocycles. The van der Waals surface area contributed by atoms with E-state index in [-0.39, 0.29) is 5.78 Å². The van der Waals surface area contributed by atoms with Crippen molar-refractivity contribution in [3.05, 3.63) is 301 Å². The van der Waals surface area contributed by atoms with Gasteiger partial charge in [0.15, 0.2) is 5.78 Å². The SMILES string of the molecule is O=C1c2ccccc2-c2c1cc1c3c2-c2ccccc2-c2cccc4ccc(c3c24)n1-c1ccc(-c2ccccc2)cc1.c1ccc(-c2ccc(-n3c4cc5c(c6c4c4c7c(cccc7ccc43)-c3ccccc3-6)-c3ccccc3C5)cc2)cc1. The minimum absolute atomic E-state index is 0.101. The van der Waals surface area contributed by atoms with Crippen LogP contribution in [0.3, 0.4) is 0 Å². The second-order valence-corrected chi connectivity index (χ2v) is 23.3. The quantitative estimate of drug-likeness (QED) is 0.173. The maximum Gasteiger partial charge on any atom is 0.194 e. The van der Waals surface area contributed by atoms with Gasteiger partial charge in [-0.15, -0.1) is 0 Å². The normalized spacial score (nSPS) is 12.7. The van der Waals surface area contributed by atoms with Gasteiger partial charge < -0.3 is 9.13 Å². The van der Waals surface area contributed by atoms with Gasteiger partial charge in [0, 0.05) is 60.7 Å². The fourth-order valence-corrected chi connectivity index (χ4v) is 15.5.